The first-order valence-electron chi connectivity index (χ1n) is 8.25. The van der Waals surface area contributed by atoms with Crippen molar-refractivity contribution in [3.8, 4) is 11.5 Å². The number of piperazine rings is 1. The summed E-state index contributed by atoms with van der Waals surface area (Å²) in [5.74, 6) is 1.35. The average Bonchev–Trinajstić information content (AvgIpc) is 2.96. The molecule has 1 N–H and O–H groups in total. The molecule has 2 heterocycles. The molecule has 0 unspecified atom stereocenters. The largest absolute Gasteiger partial charge is 0.493 e. The van der Waals surface area contributed by atoms with E-state index >= 15 is 0 Å². The first kappa shape index (κ1) is 16.6. The lowest BCUT2D eigenvalue weighted by atomic mass is 10.1. The van der Waals surface area contributed by atoms with Gasteiger partial charge in [0.15, 0.2) is 6.61 Å². The van der Waals surface area contributed by atoms with Gasteiger partial charge in [0.1, 0.15) is 11.5 Å². The maximum atomic E-state index is 11.9. The number of nitrogens with zero attached hydrogens (tertiary/aromatic N) is 2. The van der Waals surface area contributed by atoms with Gasteiger partial charge < -0.3 is 19.5 Å². The molecular formula is C17H22N2O5. The highest BCUT2D eigenvalue weighted by atomic mass is 16.5. The Hall–Kier alpha value is -2.28. The summed E-state index contributed by atoms with van der Waals surface area (Å²) in [7, 11) is 0. The number of benzene rings is 1. The van der Waals surface area contributed by atoms with Crippen LogP contribution < -0.4 is 9.47 Å². The number of carboxylic acid groups (broad SMARTS) is 1. The van der Waals surface area contributed by atoms with Crippen molar-refractivity contribution in [2.75, 3.05) is 39.4 Å². The second-order valence-corrected chi connectivity index (χ2v) is 6.03. The van der Waals surface area contributed by atoms with Gasteiger partial charge in [-0.1, -0.05) is 6.92 Å². The van der Waals surface area contributed by atoms with Gasteiger partial charge in [0.05, 0.1) is 17.7 Å². The Bertz CT molecular complexity index is 638. The van der Waals surface area contributed by atoms with E-state index in [1.54, 1.807) is 6.07 Å². The quantitative estimate of drug-likeness (QED) is 0.885. The molecule has 0 radical (unpaired) electrons. The van der Waals surface area contributed by atoms with Gasteiger partial charge in [0.25, 0.3) is 0 Å². The summed E-state index contributed by atoms with van der Waals surface area (Å²) in [6.45, 7) is 5.57. The van der Waals surface area contributed by atoms with Crippen LogP contribution in [0.15, 0.2) is 12.1 Å². The molecule has 1 aromatic carbocycles. The van der Waals surface area contributed by atoms with Gasteiger partial charge >= 0.3 is 6.09 Å². The van der Waals surface area contributed by atoms with Crippen LogP contribution in [0.1, 0.15) is 29.3 Å². The molecule has 0 bridgehead atoms. The number of amides is 1. The number of carbonyl (C=O) groups excluding carboxylic acids is 1. The van der Waals surface area contributed by atoms with E-state index in [1.807, 2.05) is 13.0 Å². The topological polar surface area (TPSA) is 79.3 Å². The molecule has 130 valence electrons. The van der Waals surface area contributed by atoms with Crippen LogP contribution in [0, 0.1) is 0 Å². The number of fused-ring (bicyclic) bond motifs is 1. The predicted octanol–water partition coefficient (Wildman–Crippen LogP) is 1.85. The predicted molar refractivity (Wildman–Crippen MR) is 86.9 cm³/mol. The molecule has 0 aliphatic carbocycles. The molecule has 3 rings (SSSR count). The van der Waals surface area contributed by atoms with Gasteiger partial charge in [-0.3, -0.25) is 9.69 Å². The molecule has 0 aromatic heterocycles. The van der Waals surface area contributed by atoms with Crippen molar-refractivity contribution in [3.63, 3.8) is 0 Å². The van der Waals surface area contributed by atoms with Crippen LogP contribution in [0.25, 0.3) is 0 Å². The Balaban J connectivity index is 1.78. The maximum Gasteiger partial charge on any atom is 0.407 e. The molecule has 1 saturated heterocycles. The van der Waals surface area contributed by atoms with E-state index in [9.17, 15) is 9.59 Å². The Morgan fingerprint density at radius 3 is 2.71 bits per heavy atom. The maximum absolute atomic E-state index is 11.9. The van der Waals surface area contributed by atoms with Crippen LogP contribution >= 0.6 is 0 Å². The standard InChI is InChI=1S/C17H22N2O5/c1-2-9-23-15-4-3-12-14(20)11-24-16(12)13(15)10-18-5-7-19(8-6-18)17(21)22/h3-4H,2,5-11H2,1H3,(H,21,22). The number of carbonyl (C=O) groups is 2. The summed E-state index contributed by atoms with van der Waals surface area (Å²) in [6, 6.07) is 3.60. The van der Waals surface area contributed by atoms with Crippen molar-refractivity contribution in [2.24, 2.45) is 0 Å². The fourth-order valence-electron chi connectivity index (χ4n) is 3.03. The van der Waals surface area contributed by atoms with Crippen LogP contribution in [-0.4, -0.2) is 66.2 Å². The number of Topliss-reactive ketones (excluding diaryl/α,β-unsaturated/α-hetero) is 1. The molecule has 1 amide bonds. The fourth-order valence-corrected chi connectivity index (χ4v) is 3.03. The average molecular weight is 334 g/mol. The zero-order valence-corrected chi connectivity index (χ0v) is 13.8. The second-order valence-electron chi connectivity index (χ2n) is 6.03. The van der Waals surface area contributed by atoms with Crippen molar-refractivity contribution in [1.82, 2.24) is 9.80 Å². The molecule has 2 aliphatic heterocycles. The summed E-state index contributed by atoms with van der Waals surface area (Å²) in [5, 5.41) is 9.04. The highest BCUT2D eigenvalue weighted by Gasteiger charge is 2.29. The molecule has 1 aromatic rings. The van der Waals surface area contributed by atoms with E-state index in [1.165, 1.54) is 4.90 Å². The molecule has 2 aliphatic rings. The lowest BCUT2D eigenvalue weighted by Crippen LogP contribution is -2.47. The van der Waals surface area contributed by atoms with Gasteiger partial charge in [-0.2, -0.15) is 0 Å². The van der Waals surface area contributed by atoms with Crippen LogP contribution in [0.3, 0.4) is 0 Å². The SMILES string of the molecule is CCCOc1ccc2c(c1CN1CCN(C(=O)O)CC1)OCC2=O. The zero-order valence-electron chi connectivity index (χ0n) is 13.8. The molecule has 0 atom stereocenters. The van der Waals surface area contributed by atoms with Gasteiger partial charge in [0, 0.05) is 32.7 Å². The molecule has 1 fully saturated rings. The summed E-state index contributed by atoms with van der Waals surface area (Å²) in [6.07, 6.45) is 0.0179. The number of ether oxygens (including phenoxy) is 2. The van der Waals surface area contributed by atoms with Crippen molar-refractivity contribution < 1.29 is 24.2 Å². The minimum Gasteiger partial charge on any atom is -0.493 e. The van der Waals surface area contributed by atoms with Crippen molar-refractivity contribution >= 4 is 11.9 Å². The number of rotatable bonds is 5. The van der Waals surface area contributed by atoms with E-state index in [0.29, 0.717) is 50.6 Å². The second kappa shape index (κ2) is 7.09. The summed E-state index contributed by atoms with van der Waals surface area (Å²) >= 11 is 0. The summed E-state index contributed by atoms with van der Waals surface area (Å²) in [4.78, 5) is 26.5. The molecule has 7 heteroatoms. The Labute approximate surface area is 140 Å². The third-order valence-corrected chi connectivity index (χ3v) is 4.35. The Kier molecular flexibility index (Phi) is 4.89. The fraction of sp³-hybridized carbons (Fsp3) is 0.529. The Morgan fingerprint density at radius 1 is 1.29 bits per heavy atom. The Morgan fingerprint density at radius 2 is 2.04 bits per heavy atom. The number of hydrogen-bond acceptors (Lipinski definition) is 5. The van der Waals surface area contributed by atoms with Crippen LogP contribution in [-0.2, 0) is 6.54 Å². The zero-order chi connectivity index (χ0) is 17.1. The smallest absolute Gasteiger partial charge is 0.407 e. The monoisotopic (exact) mass is 334 g/mol. The van der Waals surface area contributed by atoms with Crippen molar-refractivity contribution in [2.45, 2.75) is 19.9 Å². The summed E-state index contributed by atoms with van der Waals surface area (Å²) in [5.41, 5.74) is 1.49. The van der Waals surface area contributed by atoms with E-state index in [4.69, 9.17) is 14.6 Å². The van der Waals surface area contributed by atoms with Gasteiger partial charge in [0.2, 0.25) is 5.78 Å². The van der Waals surface area contributed by atoms with Crippen LogP contribution in [0.4, 0.5) is 4.79 Å². The highest BCUT2D eigenvalue weighted by Crippen LogP contribution is 2.37. The van der Waals surface area contributed by atoms with Crippen LogP contribution in [0.5, 0.6) is 11.5 Å². The van der Waals surface area contributed by atoms with Gasteiger partial charge in [-0.25, -0.2) is 4.79 Å². The highest BCUT2D eigenvalue weighted by molar-refractivity contribution is 6.03. The third kappa shape index (κ3) is 3.31. The minimum atomic E-state index is -0.879. The van der Waals surface area contributed by atoms with E-state index in [-0.39, 0.29) is 12.4 Å². The number of ketones is 1. The minimum absolute atomic E-state index is 0.0102. The van der Waals surface area contributed by atoms with Gasteiger partial charge in [-0.15, -0.1) is 0 Å². The van der Waals surface area contributed by atoms with Crippen molar-refractivity contribution in [3.05, 3.63) is 23.3 Å². The van der Waals surface area contributed by atoms with E-state index in [0.717, 1.165) is 17.7 Å². The van der Waals surface area contributed by atoms with Crippen molar-refractivity contribution in [1.29, 1.82) is 0 Å². The van der Waals surface area contributed by atoms with E-state index in [2.05, 4.69) is 4.90 Å². The molecule has 0 saturated carbocycles. The normalized spacial score (nSPS) is 17.5. The molecule has 7 nitrogen and oxygen atoms in total. The van der Waals surface area contributed by atoms with E-state index < -0.39 is 6.09 Å². The van der Waals surface area contributed by atoms with Crippen LogP contribution in [0.2, 0.25) is 0 Å². The first-order valence-corrected chi connectivity index (χ1v) is 8.25. The molecule has 0 spiro atoms. The third-order valence-electron chi connectivity index (χ3n) is 4.35. The molecule has 24 heavy (non-hydrogen) atoms. The first-order chi connectivity index (χ1) is 11.6. The van der Waals surface area contributed by atoms with Gasteiger partial charge in [-0.05, 0) is 18.6 Å². The molecular weight excluding hydrogens is 312 g/mol. The summed E-state index contributed by atoms with van der Waals surface area (Å²) < 4.78 is 11.4. The number of hydrogen-bond donors (Lipinski definition) is 1. The lowest BCUT2D eigenvalue weighted by molar-refractivity contribution is 0.0960. The lowest BCUT2D eigenvalue weighted by Gasteiger charge is -2.33.